The monoisotopic (exact) mass is 732 g/mol. The fraction of sp³-hybridized carbons (Fsp3) is 0. The van der Waals surface area contributed by atoms with Gasteiger partial charge >= 0.3 is 71.6 Å². The molecule has 0 saturated heterocycles. The third kappa shape index (κ3) is 7.00. The van der Waals surface area contributed by atoms with Crippen LogP contribution in [-0.4, -0.2) is 94.5 Å². The van der Waals surface area contributed by atoms with Crippen LogP contribution in [0.3, 0.4) is 0 Å². The van der Waals surface area contributed by atoms with Gasteiger partial charge in [0, 0.05) is 22.9 Å². The maximum atomic E-state index is 11.3. The number of benzene rings is 4. The summed E-state index contributed by atoms with van der Waals surface area (Å²) in [6.07, 6.45) is 0. The molecule has 0 fully saturated rings. The van der Waals surface area contributed by atoms with Gasteiger partial charge in [0.1, 0.15) is 30.0 Å². The van der Waals surface area contributed by atoms with E-state index in [9.17, 15) is 66.4 Å². The Balaban J connectivity index is 0.000000280. The van der Waals surface area contributed by atoms with Crippen molar-refractivity contribution in [2.45, 2.75) is 9.79 Å². The number of rotatable bonds is 6. The minimum Gasteiger partial charge on any atom is -0.744 e. The van der Waals surface area contributed by atoms with E-state index in [-0.39, 0.29) is 70.4 Å². The Hall–Kier alpha value is -3.61. The molecule has 0 aliphatic carbocycles. The third-order valence-corrected chi connectivity index (χ3v) is 7.00. The summed E-state index contributed by atoms with van der Waals surface area (Å²) in [6.45, 7) is 0. The number of hydrogen-bond donors (Lipinski definition) is 0. The predicted molar refractivity (Wildman–Crippen MR) is 136 cm³/mol. The SMILES string of the molecule is O=[N+]([O-])c1cc2ccccc2c(S(=O)(=O)[O-])c1[N+](=O)[O-].O=[N+]([O-])c1cc2ccccc2c(S(=O)(=O)[O-])c1[N+](=O)[O-].[Ba+2]. The van der Waals surface area contributed by atoms with E-state index in [0.717, 1.165) is 12.1 Å². The van der Waals surface area contributed by atoms with Gasteiger partial charge in [0.2, 0.25) is 0 Å². The minimum absolute atomic E-state index is 0. The van der Waals surface area contributed by atoms with Crippen LogP contribution < -0.4 is 0 Å². The van der Waals surface area contributed by atoms with E-state index in [2.05, 4.69) is 0 Å². The van der Waals surface area contributed by atoms with E-state index in [1.54, 1.807) is 0 Å². The fourth-order valence-corrected chi connectivity index (χ4v) is 5.46. The quantitative estimate of drug-likeness (QED) is 0.119. The molecule has 4 aromatic rings. The molecule has 4 rings (SSSR count). The smallest absolute Gasteiger partial charge is 0.744 e. The van der Waals surface area contributed by atoms with Gasteiger partial charge in [-0.05, 0) is 10.8 Å². The van der Waals surface area contributed by atoms with Gasteiger partial charge in [-0.2, -0.15) is 0 Å². The number of nitrogens with zero attached hydrogens (tertiary/aromatic N) is 4. The van der Waals surface area contributed by atoms with E-state index < -0.39 is 72.5 Å². The molecule has 0 amide bonds. The largest absolute Gasteiger partial charge is 2.00 e. The van der Waals surface area contributed by atoms with Crippen LogP contribution in [0.1, 0.15) is 0 Å². The van der Waals surface area contributed by atoms with Crippen molar-refractivity contribution in [3.05, 3.63) is 101 Å². The molecule has 0 aromatic heterocycles. The van der Waals surface area contributed by atoms with Crippen LogP contribution >= 0.6 is 0 Å². The Morgan fingerprint density at radius 3 is 1.05 bits per heavy atom. The fourth-order valence-electron chi connectivity index (χ4n) is 3.72. The maximum Gasteiger partial charge on any atom is 2.00 e. The summed E-state index contributed by atoms with van der Waals surface area (Å²) in [4.78, 5) is 36.5. The van der Waals surface area contributed by atoms with Gasteiger partial charge < -0.3 is 9.11 Å². The van der Waals surface area contributed by atoms with Gasteiger partial charge in [-0.1, -0.05) is 48.5 Å². The average Bonchev–Trinajstić information content (AvgIpc) is 2.85. The zero-order valence-corrected chi connectivity index (χ0v) is 25.9. The Kier molecular flexibility index (Phi) is 10.2. The molecular weight excluding hydrogens is 722 g/mol. The second kappa shape index (κ2) is 12.5. The molecule has 0 saturated carbocycles. The summed E-state index contributed by atoms with van der Waals surface area (Å²) < 4.78 is 67.6. The predicted octanol–water partition coefficient (Wildman–Crippen LogP) is 2.74. The van der Waals surface area contributed by atoms with Gasteiger partial charge in [-0.3, -0.25) is 40.5 Å². The number of hydrogen-bond acceptors (Lipinski definition) is 14. The van der Waals surface area contributed by atoms with Crippen molar-refractivity contribution in [1.29, 1.82) is 0 Å². The summed E-state index contributed by atoms with van der Waals surface area (Å²) in [5.74, 6) is 0. The van der Waals surface area contributed by atoms with Crippen molar-refractivity contribution < 1.29 is 45.6 Å². The Morgan fingerprint density at radius 2 is 0.805 bits per heavy atom. The average molecular weight is 732 g/mol. The van der Waals surface area contributed by atoms with Gasteiger partial charge in [0.15, 0.2) is 0 Å². The molecular formula is C20H10BaN4O14S2. The van der Waals surface area contributed by atoms with Crippen molar-refractivity contribution in [2.24, 2.45) is 0 Å². The number of fused-ring (bicyclic) bond motifs is 2. The first-order valence-electron chi connectivity index (χ1n) is 10.1. The van der Waals surface area contributed by atoms with E-state index in [1.165, 1.54) is 48.5 Å². The molecule has 41 heavy (non-hydrogen) atoms. The topological polar surface area (TPSA) is 287 Å². The van der Waals surface area contributed by atoms with Crippen LogP contribution in [0.5, 0.6) is 0 Å². The van der Waals surface area contributed by atoms with Gasteiger partial charge in [0.25, 0.3) is 0 Å². The van der Waals surface area contributed by atoms with Crippen molar-refractivity contribution in [3.63, 3.8) is 0 Å². The summed E-state index contributed by atoms with van der Waals surface area (Å²) in [7, 11) is -10.5. The van der Waals surface area contributed by atoms with Crippen molar-refractivity contribution >= 4 is 113 Å². The molecule has 0 radical (unpaired) electrons. The van der Waals surface area contributed by atoms with Crippen molar-refractivity contribution in [3.8, 4) is 0 Å². The van der Waals surface area contributed by atoms with Crippen molar-refractivity contribution in [2.75, 3.05) is 0 Å². The first-order chi connectivity index (χ1) is 18.5. The second-order valence-corrected chi connectivity index (χ2v) is 10.2. The Morgan fingerprint density at radius 1 is 0.512 bits per heavy atom. The molecule has 0 bridgehead atoms. The Bertz CT molecular complexity index is 1840. The van der Waals surface area contributed by atoms with Gasteiger partial charge in [0.05, 0.1) is 19.7 Å². The molecule has 0 unspecified atom stereocenters. The van der Waals surface area contributed by atoms with Crippen LogP contribution in [0.15, 0.2) is 70.5 Å². The number of nitro benzene ring substituents is 4. The first kappa shape index (κ1) is 33.6. The van der Waals surface area contributed by atoms with Gasteiger partial charge in [-0.25, -0.2) is 16.8 Å². The summed E-state index contributed by atoms with van der Waals surface area (Å²) >= 11 is 0. The van der Waals surface area contributed by atoms with Crippen LogP contribution in [0.4, 0.5) is 22.7 Å². The zero-order chi connectivity index (χ0) is 30.2. The van der Waals surface area contributed by atoms with E-state index in [0.29, 0.717) is 0 Å². The van der Waals surface area contributed by atoms with Gasteiger partial charge in [-0.15, -0.1) is 0 Å². The third-order valence-electron chi connectivity index (χ3n) is 5.17. The van der Waals surface area contributed by atoms with E-state index in [4.69, 9.17) is 0 Å². The van der Waals surface area contributed by atoms with E-state index >= 15 is 0 Å². The summed E-state index contributed by atoms with van der Waals surface area (Å²) in [5.41, 5.74) is -4.71. The molecule has 0 aliphatic heterocycles. The van der Waals surface area contributed by atoms with Crippen LogP contribution in [0.2, 0.25) is 0 Å². The van der Waals surface area contributed by atoms with Crippen molar-refractivity contribution in [1.82, 2.24) is 0 Å². The van der Waals surface area contributed by atoms with E-state index in [1.807, 2.05) is 0 Å². The molecule has 208 valence electrons. The summed E-state index contributed by atoms with van der Waals surface area (Å²) in [6, 6.07) is 12.4. The molecule has 21 heteroatoms. The first-order valence-corrected chi connectivity index (χ1v) is 12.9. The standard InChI is InChI=1S/2C10H6N2O7S.Ba/c2*13-11(14)8-5-6-3-1-2-4-7(6)10(20(17,18)19)9(8)12(15)16;/h2*1-5H,(H,17,18,19);/q;;+2/p-2. The van der Waals surface area contributed by atoms with Crippen LogP contribution in [0, 0.1) is 40.5 Å². The normalized spacial score (nSPS) is 11.2. The molecule has 0 spiro atoms. The molecule has 0 heterocycles. The maximum absolute atomic E-state index is 11.3. The molecule has 0 atom stereocenters. The zero-order valence-electron chi connectivity index (χ0n) is 19.8. The minimum atomic E-state index is -5.26. The Labute approximate surface area is 267 Å². The summed E-state index contributed by atoms with van der Waals surface area (Å²) in [5, 5.41) is 43.2. The second-order valence-electron chi connectivity index (χ2n) is 7.53. The molecule has 0 N–H and O–H groups in total. The molecule has 0 aliphatic rings. The molecule has 18 nitrogen and oxygen atoms in total. The van der Waals surface area contributed by atoms with Crippen LogP contribution in [-0.2, 0) is 20.2 Å². The number of nitro groups is 4. The van der Waals surface area contributed by atoms with Crippen LogP contribution in [0.25, 0.3) is 21.5 Å². The molecule has 4 aromatic carbocycles.